The van der Waals surface area contributed by atoms with Crippen LogP contribution in [0.1, 0.15) is 25.8 Å². The first-order chi connectivity index (χ1) is 14.0. The predicted octanol–water partition coefficient (Wildman–Crippen LogP) is 2.93. The van der Waals surface area contributed by atoms with Gasteiger partial charge < -0.3 is 19.7 Å². The molecule has 1 N–H and O–H groups in total. The molecule has 7 nitrogen and oxygen atoms in total. The molecule has 0 aromatic heterocycles. The summed E-state index contributed by atoms with van der Waals surface area (Å²) in [5, 5.41) is 2.79. The number of hydrogen-bond acceptors (Lipinski definition) is 5. The van der Waals surface area contributed by atoms with Gasteiger partial charge in [0.1, 0.15) is 5.75 Å². The van der Waals surface area contributed by atoms with Crippen molar-refractivity contribution < 1.29 is 23.9 Å². The number of hydrogen-bond donors (Lipinski definition) is 1. The van der Waals surface area contributed by atoms with Crippen LogP contribution >= 0.6 is 0 Å². The van der Waals surface area contributed by atoms with E-state index in [1.807, 2.05) is 12.1 Å². The SMILES string of the molecule is CCc1ccc(OCC(=O)OCC(=O)N2c3ccccc3NC(=O)C[C@@H]2C)cc1. The zero-order valence-corrected chi connectivity index (χ0v) is 16.5. The zero-order chi connectivity index (χ0) is 20.8. The van der Waals surface area contributed by atoms with Crippen molar-refractivity contribution >= 4 is 29.2 Å². The number of benzene rings is 2. The minimum atomic E-state index is -0.636. The second-order valence-electron chi connectivity index (χ2n) is 6.83. The van der Waals surface area contributed by atoms with Crippen LogP contribution in [0.4, 0.5) is 11.4 Å². The normalized spacial score (nSPS) is 15.7. The zero-order valence-electron chi connectivity index (χ0n) is 16.5. The van der Waals surface area contributed by atoms with Gasteiger partial charge in [-0.25, -0.2) is 4.79 Å². The van der Waals surface area contributed by atoms with E-state index in [-0.39, 0.29) is 25.0 Å². The number of ether oxygens (including phenoxy) is 2. The molecule has 0 bridgehead atoms. The first-order valence-corrected chi connectivity index (χ1v) is 9.56. The molecule has 0 unspecified atom stereocenters. The van der Waals surface area contributed by atoms with Gasteiger partial charge in [-0.1, -0.05) is 31.2 Å². The molecule has 1 heterocycles. The summed E-state index contributed by atoms with van der Waals surface area (Å²) >= 11 is 0. The molecule has 0 saturated carbocycles. The highest BCUT2D eigenvalue weighted by atomic mass is 16.6. The summed E-state index contributed by atoms with van der Waals surface area (Å²) in [5.74, 6) is -0.644. The fourth-order valence-corrected chi connectivity index (χ4v) is 3.18. The third-order valence-corrected chi connectivity index (χ3v) is 4.67. The summed E-state index contributed by atoms with van der Waals surface area (Å²) in [5.41, 5.74) is 2.31. The van der Waals surface area contributed by atoms with Crippen LogP contribution in [0, 0.1) is 0 Å². The summed E-state index contributed by atoms with van der Waals surface area (Å²) in [6, 6.07) is 14.1. The number of amides is 2. The lowest BCUT2D eigenvalue weighted by Crippen LogP contribution is -2.41. The average molecular weight is 396 g/mol. The number of para-hydroxylation sites is 2. The molecule has 0 radical (unpaired) electrons. The second-order valence-corrected chi connectivity index (χ2v) is 6.83. The molecule has 0 aliphatic carbocycles. The van der Waals surface area contributed by atoms with Gasteiger partial charge in [-0.2, -0.15) is 0 Å². The maximum absolute atomic E-state index is 12.7. The van der Waals surface area contributed by atoms with Crippen molar-refractivity contribution in [2.45, 2.75) is 32.7 Å². The van der Waals surface area contributed by atoms with Gasteiger partial charge >= 0.3 is 5.97 Å². The van der Waals surface area contributed by atoms with E-state index in [1.165, 1.54) is 10.5 Å². The standard InChI is InChI=1S/C22H24N2O5/c1-3-16-8-10-17(11-9-16)28-14-22(27)29-13-21(26)24-15(2)12-20(25)23-18-6-4-5-7-19(18)24/h4-11,15H,3,12-14H2,1-2H3,(H,23,25)/t15-/m0/s1. The van der Waals surface area contributed by atoms with Gasteiger partial charge in [-0.3, -0.25) is 9.59 Å². The third kappa shape index (κ3) is 5.13. The largest absolute Gasteiger partial charge is 0.482 e. The maximum atomic E-state index is 12.7. The molecule has 1 aliphatic heterocycles. The Balaban J connectivity index is 1.57. The van der Waals surface area contributed by atoms with Crippen molar-refractivity contribution in [1.29, 1.82) is 0 Å². The highest BCUT2D eigenvalue weighted by Crippen LogP contribution is 2.31. The van der Waals surface area contributed by atoms with E-state index in [0.717, 1.165) is 6.42 Å². The number of esters is 1. The Morgan fingerprint density at radius 1 is 1.10 bits per heavy atom. The van der Waals surface area contributed by atoms with Crippen molar-refractivity contribution in [3.05, 3.63) is 54.1 Å². The van der Waals surface area contributed by atoms with E-state index in [9.17, 15) is 14.4 Å². The molecule has 2 amide bonds. The fraction of sp³-hybridized carbons (Fsp3) is 0.318. The molecule has 1 aliphatic rings. The smallest absolute Gasteiger partial charge is 0.344 e. The Labute approximate surface area is 169 Å². The molecule has 7 heteroatoms. The van der Waals surface area contributed by atoms with Crippen LogP contribution in [0.5, 0.6) is 5.75 Å². The number of carbonyl (C=O) groups excluding carboxylic acids is 3. The Morgan fingerprint density at radius 3 is 2.55 bits per heavy atom. The van der Waals surface area contributed by atoms with Crippen molar-refractivity contribution in [3.8, 4) is 5.75 Å². The predicted molar refractivity (Wildman–Crippen MR) is 109 cm³/mol. The van der Waals surface area contributed by atoms with Gasteiger partial charge in [-0.05, 0) is 43.2 Å². The van der Waals surface area contributed by atoms with Crippen LogP contribution in [0.2, 0.25) is 0 Å². The number of carbonyl (C=O) groups is 3. The van der Waals surface area contributed by atoms with E-state index >= 15 is 0 Å². The van der Waals surface area contributed by atoms with E-state index in [1.54, 1.807) is 43.3 Å². The number of fused-ring (bicyclic) bond motifs is 1. The molecular formula is C22H24N2O5. The Morgan fingerprint density at radius 2 is 1.83 bits per heavy atom. The van der Waals surface area contributed by atoms with Crippen LogP contribution in [0.3, 0.4) is 0 Å². The summed E-state index contributed by atoms with van der Waals surface area (Å²) < 4.78 is 10.5. The van der Waals surface area contributed by atoms with E-state index in [4.69, 9.17) is 9.47 Å². The lowest BCUT2D eigenvalue weighted by molar-refractivity contribution is -0.149. The minimum absolute atomic E-state index is 0.158. The summed E-state index contributed by atoms with van der Waals surface area (Å²) in [7, 11) is 0. The van der Waals surface area contributed by atoms with Crippen molar-refractivity contribution in [2.75, 3.05) is 23.4 Å². The number of anilines is 2. The number of nitrogens with one attached hydrogen (secondary N) is 1. The van der Waals surface area contributed by atoms with Crippen molar-refractivity contribution in [1.82, 2.24) is 0 Å². The third-order valence-electron chi connectivity index (χ3n) is 4.67. The van der Waals surface area contributed by atoms with Gasteiger partial charge in [0.25, 0.3) is 5.91 Å². The molecule has 0 saturated heterocycles. The van der Waals surface area contributed by atoms with Gasteiger partial charge in [0.15, 0.2) is 13.2 Å². The number of nitrogens with zero attached hydrogens (tertiary/aromatic N) is 1. The topological polar surface area (TPSA) is 84.9 Å². The van der Waals surface area contributed by atoms with Crippen LogP contribution < -0.4 is 15.0 Å². The molecule has 2 aromatic rings. The highest BCUT2D eigenvalue weighted by molar-refractivity contribution is 6.05. The van der Waals surface area contributed by atoms with Crippen LogP contribution in [-0.2, 0) is 25.5 Å². The molecule has 0 spiro atoms. The molecule has 2 aromatic carbocycles. The lowest BCUT2D eigenvalue weighted by atomic mass is 10.1. The number of aryl methyl sites for hydroxylation is 1. The molecule has 3 rings (SSSR count). The first-order valence-electron chi connectivity index (χ1n) is 9.56. The van der Waals surface area contributed by atoms with Gasteiger partial charge in [0.2, 0.25) is 5.91 Å². The van der Waals surface area contributed by atoms with Gasteiger partial charge in [0, 0.05) is 12.5 Å². The molecular weight excluding hydrogens is 372 g/mol. The highest BCUT2D eigenvalue weighted by Gasteiger charge is 2.30. The monoisotopic (exact) mass is 396 g/mol. The summed E-state index contributed by atoms with van der Waals surface area (Å²) in [4.78, 5) is 38.2. The maximum Gasteiger partial charge on any atom is 0.344 e. The van der Waals surface area contributed by atoms with E-state index in [2.05, 4.69) is 12.2 Å². The molecule has 29 heavy (non-hydrogen) atoms. The summed E-state index contributed by atoms with van der Waals surface area (Å²) in [6.45, 7) is 3.12. The quantitative estimate of drug-likeness (QED) is 0.759. The van der Waals surface area contributed by atoms with Gasteiger partial charge in [-0.15, -0.1) is 0 Å². The van der Waals surface area contributed by atoms with Crippen LogP contribution in [-0.4, -0.2) is 37.0 Å². The van der Waals surface area contributed by atoms with E-state index in [0.29, 0.717) is 17.1 Å². The Bertz CT molecular complexity index is 894. The van der Waals surface area contributed by atoms with Crippen molar-refractivity contribution in [2.24, 2.45) is 0 Å². The minimum Gasteiger partial charge on any atom is -0.482 e. The Hall–Kier alpha value is -3.35. The van der Waals surface area contributed by atoms with Crippen LogP contribution in [0.25, 0.3) is 0 Å². The average Bonchev–Trinajstić information content (AvgIpc) is 2.85. The molecule has 1 atom stereocenters. The molecule has 0 fully saturated rings. The molecule has 152 valence electrons. The second kappa shape index (κ2) is 9.23. The fourth-order valence-electron chi connectivity index (χ4n) is 3.18. The lowest BCUT2D eigenvalue weighted by Gasteiger charge is -2.27. The summed E-state index contributed by atoms with van der Waals surface area (Å²) in [6.07, 6.45) is 1.08. The first kappa shape index (κ1) is 20.4. The van der Waals surface area contributed by atoms with Crippen LogP contribution in [0.15, 0.2) is 48.5 Å². The van der Waals surface area contributed by atoms with E-state index < -0.39 is 18.5 Å². The van der Waals surface area contributed by atoms with Crippen molar-refractivity contribution in [3.63, 3.8) is 0 Å². The Kier molecular flexibility index (Phi) is 6.49. The van der Waals surface area contributed by atoms with Gasteiger partial charge in [0.05, 0.1) is 11.4 Å². The number of rotatable bonds is 6.